The number of imidazole rings is 1. The predicted octanol–water partition coefficient (Wildman–Crippen LogP) is 3.69. The molecule has 20 heavy (non-hydrogen) atoms. The number of aromatic nitrogens is 2. The molecule has 0 radical (unpaired) electrons. The van der Waals surface area contributed by atoms with Gasteiger partial charge in [-0.25, -0.2) is 4.98 Å². The third-order valence-corrected chi connectivity index (χ3v) is 3.46. The number of nitrogens with one attached hydrogen (secondary N) is 2. The average Bonchev–Trinajstić information content (AvgIpc) is 2.93. The van der Waals surface area contributed by atoms with Crippen LogP contribution in [0.3, 0.4) is 0 Å². The molecule has 0 spiro atoms. The van der Waals surface area contributed by atoms with Gasteiger partial charge in [-0.2, -0.15) is 0 Å². The molecule has 0 amide bonds. The summed E-state index contributed by atoms with van der Waals surface area (Å²) in [5.74, 6) is 0. The second kappa shape index (κ2) is 6.09. The number of hydrogen-bond donors (Lipinski definition) is 2. The molecule has 0 aliphatic heterocycles. The van der Waals surface area contributed by atoms with Gasteiger partial charge in [0.1, 0.15) is 0 Å². The van der Waals surface area contributed by atoms with Crippen molar-refractivity contribution in [1.82, 2.24) is 9.97 Å². The van der Waals surface area contributed by atoms with Gasteiger partial charge in [-0.15, -0.1) is 0 Å². The Bertz CT molecular complexity index is 517. The lowest BCUT2D eigenvalue weighted by Crippen LogP contribution is -2.31. The molecule has 2 rings (SSSR count). The van der Waals surface area contributed by atoms with E-state index in [-0.39, 0.29) is 5.60 Å². The number of nitrogens with zero attached hydrogens (tertiary/aromatic N) is 1. The normalized spacial score (nSPS) is 13.2. The number of ether oxygens (including phenoxy) is 1. The standard InChI is InChI=1S/C16H23N3O/c1-12(9-16(2,3)20-4)19-14-7-5-13(6-8-14)15-10-17-11-18-15/h5-8,10-12,19H,9H2,1-4H3,(H,17,18). The fourth-order valence-corrected chi connectivity index (χ4v) is 2.32. The summed E-state index contributed by atoms with van der Waals surface area (Å²) < 4.78 is 5.46. The molecule has 1 unspecified atom stereocenters. The minimum Gasteiger partial charge on any atom is -0.382 e. The van der Waals surface area contributed by atoms with Crippen molar-refractivity contribution in [3.05, 3.63) is 36.8 Å². The zero-order valence-corrected chi connectivity index (χ0v) is 12.6. The first-order valence-corrected chi connectivity index (χ1v) is 6.91. The van der Waals surface area contributed by atoms with Crippen LogP contribution < -0.4 is 5.32 Å². The zero-order chi connectivity index (χ0) is 14.6. The third-order valence-electron chi connectivity index (χ3n) is 3.46. The van der Waals surface area contributed by atoms with Gasteiger partial charge < -0.3 is 15.0 Å². The minimum absolute atomic E-state index is 0.109. The van der Waals surface area contributed by atoms with Gasteiger partial charge in [-0.1, -0.05) is 12.1 Å². The Labute approximate surface area is 120 Å². The van der Waals surface area contributed by atoms with E-state index in [1.807, 2.05) is 6.20 Å². The summed E-state index contributed by atoms with van der Waals surface area (Å²) in [6.45, 7) is 6.38. The number of aromatic amines is 1. The van der Waals surface area contributed by atoms with Crippen LogP contribution in [0.1, 0.15) is 27.2 Å². The number of H-pyrrole nitrogens is 1. The topological polar surface area (TPSA) is 49.9 Å². The van der Waals surface area contributed by atoms with Crippen LogP contribution in [0.5, 0.6) is 0 Å². The maximum absolute atomic E-state index is 5.46. The Balaban J connectivity index is 1.97. The second-order valence-corrected chi connectivity index (χ2v) is 5.76. The molecule has 0 aliphatic carbocycles. The summed E-state index contributed by atoms with van der Waals surface area (Å²) in [5, 5.41) is 3.50. The predicted molar refractivity (Wildman–Crippen MR) is 82.8 cm³/mol. The van der Waals surface area contributed by atoms with Crippen molar-refractivity contribution in [3.63, 3.8) is 0 Å². The Morgan fingerprint density at radius 3 is 2.55 bits per heavy atom. The maximum atomic E-state index is 5.46. The van der Waals surface area contributed by atoms with Crippen LogP contribution in [-0.4, -0.2) is 28.7 Å². The van der Waals surface area contributed by atoms with Crippen molar-refractivity contribution in [2.75, 3.05) is 12.4 Å². The van der Waals surface area contributed by atoms with Gasteiger partial charge in [0, 0.05) is 18.8 Å². The van der Waals surface area contributed by atoms with Gasteiger partial charge in [0.05, 0.1) is 23.8 Å². The molecule has 1 aromatic heterocycles. The van der Waals surface area contributed by atoms with Gasteiger partial charge in [0.25, 0.3) is 0 Å². The smallest absolute Gasteiger partial charge is 0.0924 e. The maximum Gasteiger partial charge on any atom is 0.0924 e. The summed E-state index contributed by atoms with van der Waals surface area (Å²) in [4.78, 5) is 7.14. The molecule has 1 heterocycles. The van der Waals surface area contributed by atoms with Crippen LogP contribution in [0.2, 0.25) is 0 Å². The van der Waals surface area contributed by atoms with E-state index < -0.39 is 0 Å². The number of hydrogen-bond acceptors (Lipinski definition) is 3. The molecule has 4 heteroatoms. The van der Waals surface area contributed by atoms with Crippen LogP contribution in [0.15, 0.2) is 36.8 Å². The van der Waals surface area contributed by atoms with Crippen molar-refractivity contribution in [3.8, 4) is 11.3 Å². The molecule has 2 aromatic rings. The highest BCUT2D eigenvalue weighted by molar-refractivity contribution is 5.62. The van der Waals surface area contributed by atoms with Gasteiger partial charge in [0.15, 0.2) is 0 Å². The number of methoxy groups -OCH3 is 1. The van der Waals surface area contributed by atoms with Gasteiger partial charge in [-0.05, 0) is 44.9 Å². The van der Waals surface area contributed by atoms with E-state index in [2.05, 4.69) is 60.3 Å². The van der Waals surface area contributed by atoms with Crippen molar-refractivity contribution >= 4 is 5.69 Å². The van der Waals surface area contributed by atoms with E-state index in [0.29, 0.717) is 6.04 Å². The first-order valence-electron chi connectivity index (χ1n) is 6.91. The SMILES string of the molecule is COC(C)(C)CC(C)Nc1ccc(-c2cnc[nH]2)cc1. The molecule has 0 fully saturated rings. The van der Waals surface area contributed by atoms with Crippen LogP contribution >= 0.6 is 0 Å². The molecule has 4 nitrogen and oxygen atoms in total. The highest BCUT2D eigenvalue weighted by Crippen LogP contribution is 2.21. The molecule has 108 valence electrons. The van der Waals surface area contributed by atoms with Crippen molar-refractivity contribution < 1.29 is 4.74 Å². The van der Waals surface area contributed by atoms with Gasteiger partial charge in [0.2, 0.25) is 0 Å². The van der Waals surface area contributed by atoms with E-state index in [1.165, 1.54) is 0 Å². The van der Waals surface area contributed by atoms with Crippen LogP contribution in [0.4, 0.5) is 5.69 Å². The highest BCUT2D eigenvalue weighted by Gasteiger charge is 2.19. The summed E-state index contributed by atoms with van der Waals surface area (Å²) >= 11 is 0. The Hall–Kier alpha value is -1.81. The van der Waals surface area contributed by atoms with Gasteiger partial charge in [-0.3, -0.25) is 0 Å². The first-order chi connectivity index (χ1) is 9.50. The van der Waals surface area contributed by atoms with E-state index in [0.717, 1.165) is 23.4 Å². The van der Waals surface area contributed by atoms with Crippen molar-refractivity contribution in [1.29, 1.82) is 0 Å². The number of benzene rings is 1. The fourth-order valence-electron chi connectivity index (χ4n) is 2.32. The molecular weight excluding hydrogens is 250 g/mol. The lowest BCUT2D eigenvalue weighted by molar-refractivity contribution is 0.0128. The second-order valence-electron chi connectivity index (χ2n) is 5.76. The average molecular weight is 273 g/mol. The summed E-state index contributed by atoms with van der Waals surface area (Å²) in [7, 11) is 1.76. The molecule has 0 saturated heterocycles. The Morgan fingerprint density at radius 1 is 1.30 bits per heavy atom. The quantitative estimate of drug-likeness (QED) is 0.844. The highest BCUT2D eigenvalue weighted by atomic mass is 16.5. The summed E-state index contributed by atoms with van der Waals surface area (Å²) in [6, 6.07) is 8.70. The largest absolute Gasteiger partial charge is 0.382 e. The first kappa shape index (κ1) is 14.6. The lowest BCUT2D eigenvalue weighted by Gasteiger charge is -2.27. The van der Waals surface area contributed by atoms with Crippen molar-refractivity contribution in [2.24, 2.45) is 0 Å². The van der Waals surface area contributed by atoms with Crippen LogP contribution in [-0.2, 0) is 4.74 Å². The molecule has 0 saturated carbocycles. The Kier molecular flexibility index (Phi) is 4.45. The molecule has 1 aromatic carbocycles. The number of rotatable bonds is 6. The zero-order valence-electron chi connectivity index (χ0n) is 12.6. The molecule has 2 N–H and O–H groups in total. The van der Waals surface area contributed by atoms with Crippen molar-refractivity contribution in [2.45, 2.75) is 38.8 Å². The third kappa shape index (κ3) is 3.84. The molecule has 1 atom stereocenters. The Morgan fingerprint density at radius 2 is 2.00 bits per heavy atom. The number of anilines is 1. The summed E-state index contributed by atoms with van der Waals surface area (Å²) in [6.07, 6.45) is 4.47. The van der Waals surface area contributed by atoms with E-state index >= 15 is 0 Å². The fraction of sp³-hybridized carbons (Fsp3) is 0.438. The molecular formula is C16H23N3O. The van der Waals surface area contributed by atoms with Gasteiger partial charge >= 0.3 is 0 Å². The molecule has 0 bridgehead atoms. The van der Waals surface area contributed by atoms with E-state index in [1.54, 1.807) is 13.4 Å². The lowest BCUT2D eigenvalue weighted by atomic mass is 9.99. The van der Waals surface area contributed by atoms with E-state index in [9.17, 15) is 0 Å². The van der Waals surface area contributed by atoms with Crippen LogP contribution in [0.25, 0.3) is 11.3 Å². The monoisotopic (exact) mass is 273 g/mol. The summed E-state index contributed by atoms with van der Waals surface area (Å²) in [5.41, 5.74) is 3.18. The van der Waals surface area contributed by atoms with E-state index in [4.69, 9.17) is 4.74 Å². The van der Waals surface area contributed by atoms with Crippen LogP contribution in [0, 0.1) is 0 Å². The molecule has 0 aliphatic rings. The minimum atomic E-state index is -0.109.